The zero-order valence-electron chi connectivity index (χ0n) is 16.8. The van der Waals surface area contributed by atoms with E-state index in [1.54, 1.807) is 17.5 Å². The highest BCUT2D eigenvalue weighted by Crippen LogP contribution is 2.41. The number of fused-ring (bicyclic) bond motifs is 2. The number of hydrogen-bond donors (Lipinski definition) is 1. The summed E-state index contributed by atoms with van der Waals surface area (Å²) < 4.78 is 7.39. The first-order chi connectivity index (χ1) is 13.9. The number of aromatic nitrogens is 2. The minimum atomic E-state index is -0.856. The monoisotopic (exact) mass is 392 g/mol. The molecule has 0 radical (unpaired) electrons. The third kappa shape index (κ3) is 3.28. The lowest BCUT2D eigenvalue weighted by atomic mass is 9.87. The maximum absolute atomic E-state index is 13.3. The molecule has 0 saturated carbocycles. The van der Waals surface area contributed by atoms with Gasteiger partial charge >= 0.3 is 5.97 Å². The molecule has 4 rings (SSSR count). The molecule has 0 unspecified atom stereocenters. The van der Waals surface area contributed by atoms with Gasteiger partial charge in [-0.3, -0.25) is 14.0 Å². The van der Waals surface area contributed by atoms with Crippen molar-refractivity contribution >= 4 is 17.4 Å². The molecule has 2 aromatic heterocycles. The average molecular weight is 392 g/mol. The Morgan fingerprint density at radius 2 is 2.07 bits per heavy atom. The molecule has 2 atom stereocenters. The van der Waals surface area contributed by atoms with E-state index in [1.807, 2.05) is 44.2 Å². The van der Waals surface area contributed by atoms with Crippen molar-refractivity contribution in [3.05, 3.63) is 64.6 Å². The summed E-state index contributed by atoms with van der Waals surface area (Å²) in [6, 6.07) is 9.65. The van der Waals surface area contributed by atoms with Crippen molar-refractivity contribution in [3.63, 3.8) is 0 Å². The number of pyridine rings is 1. The highest BCUT2D eigenvalue weighted by molar-refractivity contribution is 5.97. The predicted octanol–water partition coefficient (Wildman–Crippen LogP) is 3.96. The molecule has 6 nitrogen and oxygen atoms in total. The van der Waals surface area contributed by atoms with Gasteiger partial charge in [0.05, 0.1) is 18.2 Å². The Labute approximate surface area is 169 Å². The molecule has 0 amide bonds. The van der Waals surface area contributed by atoms with Gasteiger partial charge in [0.2, 0.25) is 0 Å². The molecular formula is C23H24N2O4. The van der Waals surface area contributed by atoms with Crippen LogP contribution in [0.25, 0.3) is 5.65 Å². The fraction of sp³-hybridized carbons (Fsp3) is 0.348. The van der Waals surface area contributed by atoms with Gasteiger partial charge in [0, 0.05) is 18.5 Å². The van der Waals surface area contributed by atoms with Crippen molar-refractivity contribution in [1.82, 2.24) is 9.38 Å². The highest BCUT2D eigenvalue weighted by atomic mass is 16.5. The zero-order valence-corrected chi connectivity index (χ0v) is 16.8. The van der Waals surface area contributed by atoms with E-state index < -0.39 is 11.9 Å². The first kappa shape index (κ1) is 19.2. The van der Waals surface area contributed by atoms with Crippen LogP contribution in [0, 0.1) is 19.8 Å². The molecule has 150 valence electrons. The quantitative estimate of drug-likeness (QED) is 0.642. The number of benzene rings is 1. The lowest BCUT2D eigenvalue weighted by Crippen LogP contribution is -2.21. The fourth-order valence-electron chi connectivity index (χ4n) is 4.41. The Morgan fingerprint density at radius 3 is 2.79 bits per heavy atom. The summed E-state index contributed by atoms with van der Waals surface area (Å²) in [5.41, 5.74) is 4.79. The number of ketones is 1. The van der Waals surface area contributed by atoms with Gasteiger partial charge in [-0.2, -0.15) is 0 Å². The van der Waals surface area contributed by atoms with Crippen LogP contribution < -0.4 is 4.74 Å². The molecule has 0 spiro atoms. The molecule has 3 aromatic rings. The van der Waals surface area contributed by atoms with Crippen LogP contribution in [0.4, 0.5) is 0 Å². The van der Waals surface area contributed by atoms with Gasteiger partial charge in [-0.05, 0) is 50.5 Å². The number of nitrogens with zero attached hydrogens (tertiary/aromatic N) is 2. The van der Waals surface area contributed by atoms with E-state index in [0.29, 0.717) is 35.8 Å². The number of imidazole rings is 1. The zero-order chi connectivity index (χ0) is 20.7. The molecule has 0 aliphatic heterocycles. The van der Waals surface area contributed by atoms with E-state index in [9.17, 15) is 14.7 Å². The minimum absolute atomic E-state index is 0.103. The molecular weight excluding hydrogens is 368 g/mol. The molecule has 1 aliphatic carbocycles. The number of carbonyl (C=O) groups excluding carboxylic acids is 1. The smallest absolute Gasteiger partial charge is 0.307 e. The van der Waals surface area contributed by atoms with Gasteiger partial charge < -0.3 is 9.84 Å². The molecule has 1 N–H and O–H groups in total. The van der Waals surface area contributed by atoms with E-state index >= 15 is 0 Å². The van der Waals surface area contributed by atoms with Crippen LogP contribution in [0.5, 0.6) is 5.75 Å². The number of carboxylic acids is 1. The molecule has 29 heavy (non-hydrogen) atoms. The lowest BCUT2D eigenvalue weighted by molar-refractivity contribution is -0.142. The van der Waals surface area contributed by atoms with Crippen molar-refractivity contribution in [2.75, 3.05) is 6.61 Å². The van der Waals surface area contributed by atoms with E-state index in [1.165, 1.54) is 0 Å². The van der Waals surface area contributed by atoms with Gasteiger partial charge in [0.1, 0.15) is 5.69 Å². The van der Waals surface area contributed by atoms with Gasteiger partial charge in [-0.1, -0.05) is 23.8 Å². The van der Waals surface area contributed by atoms with Crippen LogP contribution in [-0.4, -0.2) is 32.9 Å². The second-order valence-electron chi connectivity index (χ2n) is 7.63. The normalized spacial score (nSPS) is 18.0. The van der Waals surface area contributed by atoms with Crippen LogP contribution in [0.1, 0.15) is 52.1 Å². The van der Waals surface area contributed by atoms with Crippen molar-refractivity contribution < 1.29 is 19.4 Å². The van der Waals surface area contributed by atoms with Crippen LogP contribution in [-0.2, 0) is 11.2 Å². The van der Waals surface area contributed by atoms with Crippen LogP contribution in [0.3, 0.4) is 0 Å². The van der Waals surface area contributed by atoms with Crippen LogP contribution in [0.15, 0.2) is 36.5 Å². The number of aliphatic carboxylic acids is 1. The van der Waals surface area contributed by atoms with Crippen molar-refractivity contribution in [3.8, 4) is 5.75 Å². The fourth-order valence-corrected chi connectivity index (χ4v) is 4.41. The van der Waals surface area contributed by atoms with Crippen molar-refractivity contribution in [2.24, 2.45) is 5.92 Å². The SMILES string of the molecule is CCOc1cccn2c(C(=O)C[C@@H]3c4cc(C)ccc4C[C@H]3C(=O)O)c(C)nc12. The topological polar surface area (TPSA) is 80.9 Å². The number of carboxylic acid groups (broad SMARTS) is 1. The Kier molecular flexibility index (Phi) is 4.86. The maximum atomic E-state index is 13.3. The number of Topliss-reactive ketones (excluding diaryl/α,β-unsaturated/α-hetero) is 1. The maximum Gasteiger partial charge on any atom is 0.307 e. The number of carbonyl (C=O) groups is 2. The minimum Gasteiger partial charge on any atom is -0.490 e. The third-order valence-electron chi connectivity index (χ3n) is 5.70. The first-order valence-electron chi connectivity index (χ1n) is 9.86. The number of rotatable bonds is 6. The number of ether oxygens (including phenoxy) is 1. The Balaban J connectivity index is 1.73. The Bertz CT molecular complexity index is 1120. The number of hydrogen-bond acceptors (Lipinski definition) is 4. The van der Waals surface area contributed by atoms with E-state index in [0.717, 1.165) is 16.7 Å². The standard InChI is InChI=1S/C23H24N2O4/c1-4-29-20-6-5-9-25-21(14(3)24-22(20)25)19(26)12-17-16-10-13(2)7-8-15(16)11-18(17)23(27)28/h5-10,17-18H,4,11-12H2,1-3H3,(H,27,28)/t17-,18-/m1/s1. The molecule has 0 saturated heterocycles. The summed E-state index contributed by atoms with van der Waals surface area (Å²) in [6.45, 7) is 6.19. The molecule has 1 aliphatic rings. The third-order valence-corrected chi connectivity index (χ3v) is 5.70. The van der Waals surface area contributed by atoms with E-state index in [4.69, 9.17) is 4.74 Å². The van der Waals surface area contributed by atoms with Crippen LogP contribution >= 0.6 is 0 Å². The van der Waals surface area contributed by atoms with E-state index in [-0.39, 0.29) is 18.1 Å². The van der Waals surface area contributed by atoms with Crippen molar-refractivity contribution in [1.29, 1.82) is 0 Å². The second-order valence-corrected chi connectivity index (χ2v) is 7.63. The molecule has 2 heterocycles. The largest absolute Gasteiger partial charge is 0.490 e. The van der Waals surface area contributed by atoms with Crippen LogP contribution in [0.2, 0.25) is 0 Å². The molecule has 0 bridgehead atoms. The molecule has 0 fully saturated rings. The molecule has 1 aromatic carbocycles. The summed E-state index contributed by atoms with van der Waals surface area (Å²) in [7, 11) is 0. The molecule has 6 heteroatoms. The Morgan fingerprint density at radius 1 is 1.28 bits per heavy atom. The van der Waals surface area contributed by atoms with Gasteiger partial charge in [0.15, 0.2) is 17.2 Å². The summed E-state index contributed by atoms with van der Waals surface area (Å²) in [5, 5.41) is 9.74. The van der Waals surface area contributed by atoms with Gasteiger partial charge in [-0.15, -0.1) is 0 Å². The number of aryl methyl sites for hydroxylation is 2. The van der Waals surface area contributed by atoms with Gasteiger partial charge in [-0.25, -0.2) is 4.98 Å². The summed E-state index contributed by atoms with van der Waals surface area (Å²) in [4.78, 5) is 29.8. The van der Waals surface area contributed by atoms with Crippen molar-refractivity contribution in [2.45, 2.75) is 39.5 Å². The second kappa shape index (κ2) is 7.35. The first-order valence-corrected chi connectivity index (χ1v) is 9.86. The highest BCUT2D eigenvalue weighted by Gasteiger charge is 2.39. The Hall–Kier alpha value is -3.15. The van der Waals surface area contributed by atoms with E-state index in [2.05, 4.69) is 4.98 Å². The van der Waals surface area contributed by atoms with Gasteiger partial charge in [0.25, 0.3) is 0 Å². The average Bonchev–Trinajstić information content (AvgIpc) is 3.20. The predicted molar refractivity (Wildman–Crippen MR) is 109 cm³/mol. The lowest BCUT2D eigenvalue weighted by Gasteiger charge is -2.17. The summed E-state index contributed by atoms with van der Waals surface area (Å²) >= 11 is 0. The summed E-state index contributed by atoms with van der Waals surface area (Å²) in [5.74, 6) is -1.26. The summed E-state index contributed by atoms with van der Waals surface area (Å²) in [6.07, 6.45) is 2.40.